The predicted molar refractivity (Wildman–Crippen MR) is 71.0 cm³/mol. The zero-order valence-corrected chi connectivity index (χ0v) is 11.9. The van der Waals surface area contributed by atoms with Crippen LogP contribution in [0.5, 0.6) is 0 Å². The number of hydrogen-bond donors (Lipinski definition) is 2. The molecule has 0 bridgehead atoms. The number of carbonyl (C=O) groups is 1. The van der Waals surface area contributed by atoms with Crippen molar-refractivity contribution < 1.29 is 26.4 Å². The highest BCUT2D eigenvalue weighted by Gasteiger charge is 2.46. The van der Waals surface area contributed by atoms with Crippen molar-refractivity contribution in [3.63, 3.8) is 0 Å². The lowest BCUT2D eigenvalue weighted by molar-refractivity contribution is -0.0436. The molecule has 118 valence electrons. The van der Waals surface area contributed by atoms with Gasteiger partial charge in [0.05, 0.1) is 4.90 Å². The molecular weight excluding hydrogens is 323 g/mol. The Morgan fingerprint density at radius 2 is 1.82 bits per heavy atom. The van der Waals surface area contributed by atoms with Crippen LogP contribution in [-0.2, 0) is 9.84 Å². The maximum Gasteiger partial charge on any atom is 0.501 e. The van der Waals surface area contributed by atoms with Gasteiger partial charge >= 0.3 is 5.51 Å². The number of rotatable bonds is 3. The first-order chi connectivity index (χ1) is 10.1. The molecule has 0 fully saturated rings. The molecule has 0 aliphatic heterocycles. The predicted octanol–water partition coefficient (Wildman–Crippen LogP) is 2.26. The van der Waals surface area contributed by atoms with Gasteiger partial charge in [-0.25, -0.2) is 8.42 Å². The standard InChI is InChI=1S/C12H10F3N3O3S/c1-7-6-10(18-17-7)16-11(19)8-2-4-9(5-3-8)22(20,21)12(13,14)15/h2-6H,1H3,(H2,16,17,18,19). The van der Waals surface area contributed by atoms with Crippen molar-refractivity contribution in [2.45, 2.75) is 17.3 Å². The fraction of sp³-hybridized carbons (Fsp3) is 0.167. The van der Waals surface area contributed by atoms with Crippen LogP contribution in [0.2, 0.25) is 0 Å². The molecule has 0 saturated carbocycles. The molecule has 1 aromatic heterocycles. The summed E-state index contributed by atoms with van der Waals surface area (Å²) in [6.45, 7) is 1.72. The van der Waals surface area contributed by atoms with Crippen LogP contribution >= 0.6 is 0 Å². The third-order valence-corrected chi connectivity index (χ3v) is 4.18. The number of aryl methyl sites for hydroxylation is 1. The maximum absolute atomic E-state index is 12.4. The van der Waals surface area contributed by atoms with Crippen LogP contribution in [0.1, 0.15) is 16.1 Å². The third kappa shape index (κ3) is 3.11. The molecule has 2 aromatic rings. The van der Waals surface area contributed by atoms with E-state index in [0.717, 1.165) is 24.3 Å². The topological polar surface area (TPSA) is 91.9 Å². The molecule has 2 rings (SSSR count). The second-order valence-electron chi connectivity index (χ2n) is 4.36. The Balaban J connectivity index is 2.20. The lowest BCUT2D eigenvalue weighted by atomic mass is 10.2. The first-order valence-electron chi connectivity index (χ1n) is 5.86. The van der Waals surface area contributed by atoms with Gasteiger partial charge in [0.15, 0.2) is 5.82 Å². The highest BCUT2D eigenvalue weighted by atomic mass is 32.2. The summed E-state index contributed by atoms with van der Waals surface area (Å²) in [4.78, 5) is 10.9. The summed E-state index contributed by atoms with van der Waals surface area (Å²) in [6.07, 6.45) is 0. The summed E-state index contributed by atoms with van der Waals surface area (Å²) in [7, 11) is -5.42. The van der Waals surface area contributed by atoms with Gasteiger partial charge in [-0.1, -0.05) is 0 Å². The zero-order valence-electron chi connectivity index (χ0n) is 11.1. The minimum absolute atomic E-state index is 0.00165. The number of aromatic amines is 1. The molecule has 0 radical (unpaired) electrons. The fourth-order valence-electron chi connectivity index (χ4n) is 1.59. The van der Waals surface area contributed by atoms with Crippen molar-refractivity contribution >= 4 is 21.6 Å². The summed E-state index contributed by atoms with van der Waals surface area (Å²) in [6, 6.07) is 5.00. The molecule has 0 atom stereocenters. The molecule has 0 unspecified atom stereocenters. The average Bonchev–Trinajstić information content (AvgIpc) is 2.83. The molecule has 6 nitrogen and oxygen atoms in total. The molecule has 0 aliphatic carbocycles. The SMILES string of the molecule is Cc1cc(NC(=O)c2ccc(S(=O)(=O)C(F)(F)F)cc2)n[nH]1. The quantitative estimate of drug-likeness (QED) is 0.901. The van der Waals surface area contributed by atoms with E-state index in [0.29, 0.717) is 5.69 Å². The number of nitrogens with zero attached hydrogens (tertiary/aromatic N) is 1. The first-order valence-corrected chi connectivity index (χ1v) is 7.34. The lowest BCUT2D eigenvalue weighted by Crippen LogP contribution is -2.23. The van der Waals surface area contributed by atoms with Crippen molar-refractivity contribution in [2.24, 2.45) is 0 Å². The number of amides is 1. The summed E-state index contributed by atoms with van der Waals surface area (Å²) < 4.78 is 59.5. The van der Waals surface area contributed by atoms with Gasteiger partial charge in [0.2, 0.25) is 0 Å². The molecule has 2 N–H and O–H groups in total. The Bertz CT molecular complexity index is 795. The van der Waals surface area contributed by atoms with E-state index in [4.69, 9.17) is 0 Å². The molecule has 10 heteroatoms. The number of aromatic nitrogens is 2. The Morgan fingerprint density at radius 3 is 2.27 bits per heavy atom. The number of halogens is 3. The van der Waals surface area contributed by atoms with Crippen LogP contribution in [-0.4, -0.2) is 30.0 Å². The van der Waals surface area contributed by atoms with Crippen molar-refractivity contribution in [1.82, 2.24) is 10.2 Å². The summed E-state index contributed by atoms with van der Waals surface area (Å²) in [5, 5.41) is 8.79. The number of benzene rings is 1. The van der Waals surface area contributed by atoms with E-state index in [2.05, 4.69) is 15.5 Å². The van der Waals surface area contributed by atoms with Crippen molar-refractivity contribution in [2.75, 3.05) is 5.32 Å². The Morgan fingerprint density at radius 1 is 1.23 bits per heavy atom. The van der Waals surface area contributed by atoms with Gasteiger partial charge in [-0.3, -0.25) is 9.89 Å². The first kappa shape index (κ1) is 16.0. The summed E-state index contributed by atoms with van der Waals surface area (Å²) in [5.41, 5.74) is -4.67. The monoisotopic (exact) mass is 333 g/mol. The normalized spacial score (nSPS) is 12.2. The van der Waals surface area contributed by atoms with E-state index in [9.17, 15) is 26.4 Å². The molecule has 1 amide bonds. The molecule has 0 saturated heterocycles. The molecule has 22 heavy (non-hydrogen) atoms. The molecular formula is C12H10F3N3O3S. The smallest absolute Gasteiger partial charge is 0.305 e. The van der Waals surface area contributed by atoms with Crippen molar-refractivity contribution in [3.8, 4) is 0 Å². The highest BCUT2D eigenvalue weighted by Crippen LogP contribution is 2.30. The van der Waals surface area contributed by atoms with Crippen LogP contribution < -0.4 is 5.32 Å². The molecule has 0 spiro atoms. The third-order valence-electron chi connectivity index (χ3n) is 2.68. The Kier molecular flexibility index (Phi) is 3.96. The van der Waals surface area contributed by atoms with E-state index >= 15 is 0 Å². The number of hydrogen-bond acceptors (Lipinski definition) is 4. The van der Waals surface area contributed by atoms with Gasteiger partial charge in [0.25, 0.3) is 15.7 Å². The molecule has 1 heterocycles. The average molecular weight is 333 g/mol. The largest absolute Gasteiger partial charge is 0.501 e. The lowest BCUT2D eigenvalue weighted by Gasteiger charge is -2.08. The van der Waals surface area contributed by atoms with Gasteiger partial charge in [0, 0.05) is 17.3 Å². The Labute approximate surface area is 123 Å². The van der Waals surface area contributed by atoms with Gasteiger partial charge in [0.1, 0.15) is 0 Å². The number of anilines is 1. The second kappa shape index (κ2) is 5.44. The Hall–Kier alpha value is -2.36. The van der Waals surface area contributed by atoms with Gasteiger partial charge in [-0.05, 0) is 31.2 Å². The van der Waals surface area contributed by atoms with Gasteiger partial charge < -0.3 is 5.32 Å². The molecule has 1 aromatic carbocycles. The maximum atomic E-state index is 12.4. The van der Waals surface area contributed by atoms with E-state index < -0.39 is 26.1 Å². The number of H-pyrrole nitrogens is 1. The second-order valence-corrected chi connectivity index (χ2v) is 6.31. The zero-order chi connectivity index (χ0) is 16.5. The summed E-state index contributed by atoms with van der Waals surface area (Å²) >= 11 is 0. The van der Waals surface area contributed by atoms with Gasteiger partial charge in [-0.15, -0.1) is 0 Å². The summed E-state index contributed by atoms with van der Waals surface area (Å²) in [5.74, 6) is -0.378. The van der Waals surface area contributed by atoms with E-state index in [1.54, 1.807) is 13.0 Å². The van der Waals surface area contributed by atoms with E-state index in [1.807, 2.05) is 0 Å². The number of nitrogens with one attached hydrogen (secondary N) is 2. The number of sulfone groups is 1. The van der Waals surface area contributed by atoms with Crippen LogP contribution in [0.3, 0.4) is 0 Å². The minimum Gasteiger partial charge on any atom is -0.305 e. The van der Waals surface area contributed by atoms with Crippen LogP contribution in [0, 0.1) is 6.92 Å². The minimum atomic E-state index is -5.42. The fourth-order valence-corrected chi connectivity index (χ4v) is 2.35. The molecule has 0 aliphatic rings. The van der Waals surface area contributed by atoms with E-state index in [1.165, 1.54) is 0 Å². The van der Waals surface area contributed by atoms with Crippen molar-refractivity contribution in [1.29, 1.82) is 0 Å². The van der Waals surface area contributed by atoms with Crippen LogP contribution in [0.4, 0.5) is 19.0 Å². The number of carbonyl (C=O) groups excluding carboxylic acids is 1. The van der Waals surface area contributed by atoms with Crippen molar-refractivity contribution in [3.05, 3.63) is 41.6 Å². The highest BCUT2D eigenvalue weighted by molar-refractivity contribution is 7.92. The van der Waals surface area contributed by atoms with E-state index in [-0.39, 0.29) is 11.4 Å². The number of alkyl halides is 3. The van der Waals surface area contributed by atoms with Crippen LogP contribution in [0.15, 0.2) is 35.2 Å². The van der Waals surface area contributed by atoms with Crippen LogP contribution in [0.25, 0.3) is 0 Å². The van der Waals surface area contributed by atoms with Gasteiger partial charge in [-0.2, -0.15) is 18.3 Å².